The zero-order valence-corrected chi connectivity index (χ0v) is 13.4. The van der Waals surface area contributed by atoms with Crippen LogP contribution in [0.15, 0.2) is 56.0 Å². The molecule has 5 unspecified atom stereocenters. The van der Waals surface area contributed by atoms with E-state index in [2.05, 4.69) is 50.4 Å². The van der Waals surface area contributed by atoms with Gasteiger partial charge in [-0.2, -0.15) is 0 Å². The smallest absolute Gasteiger partial charge is 0.0912 e. The molecule has 2 fully saturated rings. The summed E-state index contributed by atoms with van der Waals surface area (Å²) < 4.78 is 11.2. The van der Waals surface area contributed by atoms with Crippen LogP contribution in [-0.2, 0) is 14.9 Å². The first-order valence-corrected chi connectivity index (χ1v) is 8.22. The van der Waals surface area contributed by atoms with E-state index in [0.29, 0.717) is 23.7 Å². The number of fused-ring (bicyclic) bond motifs is 2. The molecule has 3 rings (SSSR count). The van der Waals surface area contributed by atoms with Gasteiger partial charge in [0, 0.05) is 11.3 Å². The summed E-state index contributed by atoms with van der Waals surface area (Å²) in [6.07, 6.45) is 5.67. The molecule has 2 aliphatic rings. The van der Waals surface area contributed by atoms with Gasteiger partial charge in [-0.1, -0.05) is 50.4 Å². The second-order valence-corrected chi connectivity index (χ2v) is 6.85. The highest BCUT2D eigenvalue weighted by Crippen LogP contribution is 2.62. The Hall–Kier alpha value is -1.70. The third-order valence-electron chi connectivity index (χ3n) is 6.06. The molecule has 0 radical (unpaired) electrons. The van der Waals surface area contributed by atoms with Crippen molar-refractivity contribution in [3.8, 4) is 0 Å². The molecule has 0 amide bonds. The molecule has 22 heavy (non-hydrogen) atoms. The summed E-state index contributed by atoms with van der Waals surface area (Å²) in [5.41, 5.74) is 1.59. The highest BCUT2D eigenvalue weighted by Gasteiger charge is 2.60. The third kappa shape index (κ3) is 2.35. The van der Waals surface area contributed by atoms with Crippen molar-refractivity contribution >= 4 is 0 Å². The lowest BCUT2D eigenvalue weighted by molar-refractivity contribution is 0.0447. The summed E-state index contributed by atoms with van der Waals surface area (Å²) in [5.74, 6) is 2.54. The first-order chi connectivity index (χ1) is 10.7. The largest absolute Gasteiger partial charge is 0.502 e. The van der Waals surface area contributed by atoms with Crippen molar-refractivity contribution in [3.63, 3.8) is 0 Å². The molecular weight excluding hydrogens is 272 g/mol. The van der Waals surface area contributed by atoms with Crippen LogP contribution in [0.3, 0.4) is 0 Å². The van der Waals surface area contributed by atoms with E-state index < -0.39 is 0 Å². The van der Waals surface area contributed by atoms with Crippen LogP contribution in [0.1, 0.15) is 25.3 Å². The molecular formula is C20H26O2. The van der Waals surface area contributed by atoms with Crippen molar-refractivity contribution in [3.05, 3.63) is 61.6 Å². The lowest BCUT2D eigenvalue weighted by Gasteiger charge is -2.45. The van der Waals surface area contributed by atoms with Crippen LogP contribution in [0.4, 0.5) is 0 Å². The van der Waals surface area contributed by atoms with Gasteiger partial charge in [0.1, 0.15) is 0 Å². The normalized spacial score (nSPS) is 36.0. The van der Waals surface area contributed by atoms with Crippen LogP contribution in [0, 0.1) is 23.7 Å². The van der Waals surface area contributed by atoms with Crippen molar-refractivity contribution in [2.45, 2.75) is 25.2 Å². The van der Waals surface area contributed by atoms with E-state index in [9.17, 15) is 0 Å². The van der Waals surface area contributed by atoms with Crippen molar-refractivity contribution in [2.24, 2.45) is 23.7 Å². The quantitative estimate of drug-likeness (QED) is 0.688. The number of hydrogen-bond acceptors (Lipinski definition) is 2. The Kier molecular flexibility index (Phi) is 4.28. The van der Waals surface area contributed by atoms with Gasteiger partial charge in [0.2, 0.25) is 0 Å². The second kappa shape index (κ2) is 6.20. The van der Waals surface area contributed by atoms with Gasteiger partial charge in [-0.25, -0.2) is 0 Å². The summed E-state index contributed by atoms with van der Waals surface area (Å²) in [5, 5.41) is 0. The fourth-order valence-electron chi connectivity index (χ4n) is 5.08. The van der Waals surface area contributed by atoms with Crippen molar-refractivity contribution in [2.75, 3.05) is 13.2 Å². The minimum absolute atomic E-state index is 0.155. The van der Waals surface area contributed by atoms with Crippen LogP contribution in [0.25, 0.3) is 0 Å². The Bertz CT molecular complexity index is 524. The highest BCUT2D eigenvalue weighted by atomic mass is 16.5. The van der Waals surface area contributed by atoms with E-state index in [1.807, 2.05) is 0 Å². The molecule has 5 atom stereocenters. The van der Waals surface area contributed by atoms with Gasteiger partial charge in [-0.3, -0.25) is 0 Å². The predicted octanol–water partition coefficient (Wildman–Crippen LogP) is 4.54. The van der Waals surface area contributed by atoms with Crippen molar-refractivity contribution in [1.29, 1.82) is 0 Å². The SMILES string of the molecule is C=COCC1CC2CC1C(C)(c1ccccc1)C2COC=C. The summed E-state index contributed by atoms with van der Waals surface area (Å²) in [7, 11) is 0. The maximum atomic E-state index is 5.62. The summed E-state index contributed by atoms with van der Waals surface area (Å²) >= 11 is 0. The zero-order valence-electron chi connectivity index (χ0n) is 13.4. The number of ether oxygens (including phenoxy) is 2. The third-order valence-corrected chi connectivity index (χ3v) is 6.06. The summed E-state index contributed by atoms with van der Waals surface area (Å²) in [4.78, 5) is 0. The molecule has 0 heterocycles. The van der Waals surface area contributed by atoms with Crippen LogP contribution < -0.4 is 0 Å². The van der Waals surface area contributed by atoms with E-state index in [1.54, 1.807) is 12.5 Å². The Labute approximate surface area is 133 Å². The molecule has 2 saturated carbocycles. The van der Waals surface area contributed by atoms with E-state index >= 15 is 0 Å². The van der Waals surface area contributed by atoms with Crippen molar-refractivity contribution in [1.82, 2.24) is 0 Å². The monoisotopic (exact) mass is 298 g/mol. The fraction of sp³-hybridized carbons (Fsp3) is 0.500. The Balaban J connectivity index is 1.90. The predicted molar refractivity (Wildman–Crippen MR) is 89.3 cm³/mol. The van der Waals surface area contributed by atoms with Gasteiger partial charge in [0.25, 0.3) is 0 Å². The molecule has 1 aromatic rings. The summed E-state index contributed by atoms with van der Waals surface area (Å²) in [6.45, 7) is 11.4. The molecule has 2 bridgehead atoms. The molecule has 0 spiro atoms. The van der Waals surface area contributed by atoms with Gasteiger partial charge in [-0.05, 0) is 36.2 Å². The first kappa shape index (κ1) is 15.2. The van der Waals surface area contributed by atoms with Gasteiger partial charge in [0.05, 0.1) is 25.7 Å². The van der Waals surface area contributed by atoms with E-state index in [4.69, 9.17) is 9.47 Å². The summed E-state index contributed by atoms with van der Waals surface area (Å²) in [6, 6.07) is 10.9. The van der Waals surface area contributed by atoms with Crippen LogP contribution >= 0.6 is 0 Å². The minimum Gasteiger partial charge on any atom is -0.502 e. The maximum Gasteiger partial charge on any atom is 0.0912 e. The number of benzene rings is 1. The maximum absolute atomic E-state index is 5.62. The van der Waals surface area contributed by atoms with Crippen molar-refractivity contribution < 1.29 is 9.47 Å². The Morgan fingerprint density at radius 1 is 1.09 bits per heavy atom. The molecule has 118 valence electrons. The molecule has 0 aliphatic heterocycles. The molecule has 2 nitrogen and oxygen atoms in total. The van der Waals surface area contributed by atoms with E-state index in [1.165, 1.54) is 18.4 Å². The first-order valence-electron chi connectivity index (χ1n) is 8.22. The van der Waals surface area contributed by atoms with Gasteiger partial charge in [0.15, 0.2) is 0 Å². The average Bonchev–Trinajstić information content (AvgIpc) is 3.09. The van der Waals surface area contributed by atoms with Gasteiger partial charge >= 0.3 is 0 Å². The van der Waals surface area contributed by atoms with Crippen LogP contribution in [0.2, 0.25) is 0 Å². The van der Waals surface area contributed by atoms with Crippen LogP contribution in [-0.4, -0.2) is 13.2 Å². The molecule has 0 saturated heterocycles. The van der Waals surface area contributed by atoms with Crippen LogP contribution in [0.5, 0.6) is 0 Å². The fourth-order valence-corrected chi connectivity index (χ4v) is 5.08. The highest BCUT2D eigenvalue weighted by molar-refractivity contribution is 5.31. The lowest BCUT2D eigenvalue weighted by Crippen LogP contribution is -2.44. The molecule has 0 N–H and O–H groups in total. The molecule has 0 aromatic heterocycles. The lowest BCUT2D eigenvalue weighted by atomic mass is 9.60. The van der Waals surface area contributed by atoms with Gasteiger partial charge in [-0.15, -0.1) is 0 Å². The van der Waals surface area contributed by atoms with Gasteiger partial charge < -0.3 is 9.47 Å². The molecule has 1 aromatic carbocycles. The Morgan fingerprint density at radius 3 is 2.45 bits per heavy atom. The zero-order chi connectivity index (χ0) is 15.6. The molecule has 2 aliphatic carbocycles. The standard InChI is InChI=1S/C20H26O2/c1-4-21-13-16-11-15-12-18(16)20(3,19(15)14-22-5-2)17-9-7-6-8-10-17/h4-10,15-16,18-19H,1-2,11-14H2,3H3. The topological polar surface area (TPSA) is 18.5 Å². The average molecular weight is 298 g/mol. The number of rotatable bonds is 7. The number of hydrogen-bond donors (Lipinski definition) is 0. The van der Waals surface area contributed by atoms with E-state index in [-0.39, 0.29) is 5.41 Å². The molecule has 2 heteroatoms. The van der Waals surface area contributed by atoms with E-state index in [0.717, 1.165) is 13.2 Å². The Morgan fingerprint density at radius 2 is 1.77 bits per heavy atom. The minimum atomic E-state index is 0.155. The second-order valence-electron chi connectivity index (χ2n) is 6.85.